The van der Waals surface area contributed by atoms with E-state index in [2.05, 4.69) is 118 Å². The van der Waals surface area contributed by atoms with Crippen LogP contribution in [-0.4, -0.2) is 30.7 Å². The monoisotopic (exact) mass is 422 g/mol. The van der Waals surface area contributed by atoms with Crippen LogP contribution in [0.15, 0.2) is 97.1 Å². The Morgan fingerprint density at radius 2 is 1.38 bits per heavy atom. The van der Waals surface area contributed by atoms with Crippen LogP contribution in [0.3, 0.4) is 0 Å². The first-order valence-electron chi connectivity index (χ1n) is 11.6. The minimum atomic E-state index is -1.08. The number of benzene rings is 4. The Hall–Kier alpha value is -2.94. The van der Waals surface area contributed by atoms with Crippen LogP contribution in [0.1, 0.15) is 34.7 Å². The van der Waals surface area contributed by atoms with Gasteiger partial charge in [0, 0.05) is 5.56 Å². The molecule has 1 N–H and O–H groups in total. The molecule has 1 aliphatic carbocycles. The highest BCUT2D eigenvalue weighted by Gasteiger charge is 2.52. The van der Waals surface area contributed by atoms with Crippen molar-refractivity contribution in [3.8, 4) is 0 Å². The summed E-state index contributed by atoms with van der Waals surface area (Å²) in [4.78, 5) is 0. The summed E-state index contributed by atoms with van der Waals surface area (Å²) in [6.45, 7) is 0. The maximum Gasteiger partial charge on any atom is 0.124 e. The normalized spacial score (nSPS) is 21.8. The first kappa shape index (κ1) is 20.9. The third kappa shape index (κ3) is 3.35. The van der Waals surface area contributed by atoms with Crippen LogP contribution in [0.2, 0.25) is 0 Å². The standard InChI is InChI=1S/C30H32NO/c1-31(2,3)29(24-14-5-4-6-15-24)28-21-20-23-13-8-10-18-26(23)30(28,32)27-19-11-16-22-12-7-9-17-25(22)27/h4-19,28-29,32H,20-21H2,1-3H3/q+1/t28-,29-,30+/m1/s1. The molecule has 0 amide bonds. The van der Waals surface area contributed by atoms with Gasteiger partial charge in [-0.15, -0.1) is 0 Å². The number of hydrogen-bond acceptors (Lipinski definition) is 1. The van der Waals surface area contributed by atoms with E-state index in [0.29, 0.717) is 0 Å². The topological polar surface area (TPSA) is 20.2 Å². The van der Waals surface area contributed by atoms with Crippen molar-refractivity contribution in [2.24, 2.45) is 5.92 Å². The third-order valence-corrected chi connectivity index (χ3v) is 7.25. The van der Waals surface area contributed by atoms with Crippen molar-refractivity contribution in [1.82, 2.24) is 0 Å². The van der Waals surface area contributed by atoms with Crippen LogP contribution < -0.4 is 0 Å². The summed E-state index contributed by atoms with van der Waals surface area (Å²) in [5.74, 6) is 0.0330. The lowest BCUT2D eigenvalue weighted by Crippen LogP contribution is -2.52. The Morgan fingerprint density at radius 3 is 2.16 bits per heavy atom. The maximum absolute atomic E-state index is 12.9. The number of aliphatic hydroxyl groups is 1. The number of fused-ring (bicyclic) bond motifs is 2. The van der Waals surface area contributed by atoms with Gasteiger partial charge in [-0.05, 0) is 40.3 Å². The highest BCUT2D eigenvalue weighted by Crippen LogP contribution is 2.53. The predicted molar refractivity (Wildman–Crippen MR) is 132 cm³/mol. The number of rotatable bonds is 4. The summed E-state index contributed by atoms with van der Waals surface area (Å²) in [5.41, 5.74) is 3.53. The summed E-state index contributed by atoms with van der Waals surface area (Å²) >= 11 is 0. The van der Waals surface area contributed by atoms with E-state index in [-0.39, 0.29) is 12.0 Å². The van der Waals surface area contributed by atoms with Crippen molar-refractivity contribution >= 4 is 10.8 Å². The molecule has 0 heterocycles. The maximum atomic E-state index is 12.9. The van der Waals surface area contributed by atoms with Crippen LogP contribution in [0.4, 0.5) is 0 Å². The largest absolute Gasteiger partial charge is 0.380 e. The lowest BCUT2D eigenvalue weighted by molar-refractivity contribution is -0.908. The molecule has 1 aliphatic rings. The minimum Gasteiger partial charge on any atom is -0.380 e. The van der Waals surface area contributed by atoms with Gasteiger partial charge >= 0.3 is 0 Å². The van der Waals surface area contributed by atoms with Gasteiger partial charge in [0.2, 0.25) is 0 Å². The minimum absolute atomic E-state index is 0.0330. The number of aryl methyl sites for hydroxylation is 1. The summed E-state index contributed by atoms with van der Waals surface area (Å²) in [6.07, 6.45) is 1.92. The van der Waals surface area contributed by atoms with Gasteiger partial charge in [0.05, 0.1) is 27.1 Å². The van der Waals surface area contributed by atoms with E-state index >= 15 is 0 Å². The molecule has 3 atom stereocenters. The van der Waals surface area contributed by atoms with Crippen molar-refractivity contribution in [3.05, 3.63) is 119 Å². The molecule has 0 bridgehead atoms. The van der Waals surface area contributed by atoms with E-state index < -0.39 is 5.60 Å². The zero-order chi connectivity index (χ0) is 22.3. The number of quaternary nitrogens is 1. The number of nitrogens with zero attached hydrogens (tertiary/aromatic N) is 1. The summed E-state index contributed by atoms with van der Waals surface area (Å²) in [5, 5.41) is 15.2. The second kappa shape index (κ2) is 7.88. The van der Waals surface area contributed by atoms with Crippen LogP contribution in [0, 0.1) is 5.92 Å². The molecular weight excluding hydrogens is 390 g/mol. The molecule has 2 nitrogen and oxygen atoms in total. The van der Waals surface area contributed by atoms with E-state index in [4.69, 9.17) is 0 Å². The highest BCUT2D eigenvalue weighted by molar-refractivity contribution is 5.87. The molecule has 5 rings (SSSR count). The fourth-order valence-corrected chi connectivity index (χ4v) is 5.99. The molecule has 0 saturated carbocycles. The van der Waals surface area contributed by atoms with Crippen LogP contribution >= 0.6 is 0 Å². The third-order valence-electron chi connectivity index (χ3n) is 7.25. The Balaban J connectivity index is 1.81. The second-order valence-electron chi connectivity index (χ2n) is 10.1. The zero-order valence-corrected chi connectivity index (χ0v) is 19.2. The molecule has 0 unspecified atom stereocenters. The van der Waals surface area contributed by atoms with Gasteiger partial charge in [-0.3, -0.25) is 0 Å². The van der Waals surface area contributed by atoms with Gasteiger partial charge in [0.25, 0.3) is 0 Å². The van der Waals surface area contributed by atoms with Crippen molar-refractivity contribution in [2.45, 2.75) is 24.5 Å². The van der Waals surface area contributed by atoms with Gasteiger partial charge in [-0.1, -0.05) is 97.1 Å². The van der Waals surface area contributed by atoms with E-state index in [0.717, 1.165) is 33.8 Å². The predicted octanol–water partition coefficient (Wildman–Crippen LogP) is 6.09. The van der Waals surface area contributed by atoms with Crippen molar-refractivity contribution in [3.63, 3.8) is 0 Å². The highest BCUT2D eigenvalue weighted by atomic mass is 16.3. The van der Waals surface area contributed by atoms with E-state index in [1.165, 1.54) is 16.5 Å². The lowest BCUT2D eigenvalue weighted by Gasteiger charge is -2.49. The van der Waals surface area contributed by atoms with Crippen molar-refractivity contribution in [1.29, 1.82) is 0 Å². The molecule has 32 heavy (non-hydrogen) atoms. The Morgan fingerprint density at radius 1 is 0.750 bits per heavy atom. The SMILES string of the molecule is C[N+](C)(C)[C@H](c1ccccc1)[C@H]1CCc2ccccc2[C@]1(O)c1cccc2ccccc12. The van der Waals surface area contributed by atoms with E-state index in [1.54, 1.807) is 0 Å². The van der Waals surface area contributed by atoms with Crippen molar-refractivity contribution in [2.75, 3.05) is 21.1 Å². The lowest BCUT2D eigenvalue weighted by atomic mass is 9.63. The van der Waals surface area contributed by atoms with Gasteiger partial charge in [-0.2, -0.15) is 0 Å². The zero-order valence-electron chi connectivity index (χ0n) is 19.2. The summed E-state index contributed by atoms with van der Waals surface area (Å²) < 4.78 is 0.754. The molecule has 0 saturated heterocycles. The van der Waals surface area contributed by atoms with E-state index in [1.807, 2.05) is 0 Å². The van der Waals surface area contributed by atoms with Gasteiger partial charge < -0.3 is 9.59 Å². The van der Waals surface area contributed by atoms with Crippen molar-refractivity contribution < 1.29 is 9.59 Å². The molecule has 0 aromatic heterocycles. The molecule has 162 valence electrons. The Labute approximate surface area is 191 Å². The molecule has 0 fully saturated rings. The molecule has 0 spiro atoms. The molecular formula is C30H32NO+. The molecule has 4 aromatic rings. The quantitative estimate of drug-likeness (QED) is 0.395. The van der Waals surface area contributed by atoms with Gasteiger partial charge in [-0.25, -0.2) is 0 Å². The van der Waals surface area contributed by atoms with Gasteiger partial charge in [0.15, 0.2) is 0 Å². The molecule has 4 aromatic carbocycles. The first-order valence-corrected chi connectivity index (χ1v) is 11.6. The Bertz CT molecular complexity index is 1240. The fourth-order valence-electron chi connectivity index (χ4n) is 5.99. The average molecular weight is 423 g/mol. The van der Waals surface area contributed by atoms with Crippen LogP contribution in [0.25, 0.3) is 10.8 Å². The first-order chi connectivity index (χ1) is 15.4. The summed E-state index contributed by atoms with van der Waals surface area (Å²) in [7, 11) is 6.76. The summed E-state index contributed by atoms with van der Waals surface area (Å²) in [6, 6.07) is 34.2. The average Bonchev–Trinajstić information content (AvgIpc) is 2.80. The van der Waals surface area contributed by atoms with Gasteiger partial charge in [0.1, 0.15) is 11.6 Å². The van der Waals surface area contributed by atoms with Crippen LogP contribution in [-0.2, 0) is 12.0 Å². The second-order valence-corrected chi connectivity index (χ2v) is 10.1. The molecule has 0 radical (unpaired) electrons. The molecule has 0 aliphatic heterocycles. The Kier molecular flexibility index (Phi) is 5.16. The smallest absolute Gasteiger partial charge is 0.124 e. The number of hydrogen-bond donors (Lipinski definition) is 1. The van der Waals surface area contributed by atoms with E-state index in [9.17, 15) is 5.11 Å². The van der Waals surface area contributed by atoms with Crippen LogP contribution in [0.5, 0.6) is 0 Å². The molecule has 2 heteroatoms. The fraction of sp³-hybridized carbons (Fsp3) is 0.267.